The molecule has 0 aliphatic heterocycles. The van der Waals surface area contributed by atoms with E-state index < -0.39 is 0 Å². The summed E-state index contributed by atoms with van der Waals surface area (Å²) in [6.45, 7) is 1.76. The molecular weight excluding hydrogens is 224 g/mol. The van der Waals surface area contributed by atoms with Gasteiger partial charge < -0.3 is 4.90 Å². The van der Waals surface area contributed by atoms with Gasteiger partial charge in [-0.25, -0.2) is 0 Å². The van der Waals surface area contributed by atoms with Crippen molar-refractivity contribution in [1.82, 2.24) is 9.88 Å². The molecule has 0 radical (unpaired) electrons. The van der Waals surface area contributed by atoms with Gasteiger partial charge in [0.25, 0.3) is 0 Å². The molecule has 1 atom stereocenters. The second-order valence-corrected chi connectivity index (χ2v) is 5.32. The van der Waals surface area contributed by atoms with Gasteiger partial charge in [0, 0.05) is 37.8 Å². The maximum Gasteiger partial charge on any atom is 0.137 e. The molecule has 98 valence electrons. The zero-order chi connectivity index (χ0) is 12.8. The molecule has 18 heavy (non-hydrogen) atoms. The quantitative estimate of drug-likeness (QED) is 0.766. The molecule has 1 aromatic heterocycles. The number of hydrogen-bond donors (Lipinski definition) is 0. The van der Waals surface area contributed by atoms with Crippen LogP contribution in [0.1, 0.15) is 37.7 Å². The van der Waals surface area contributed by atoms with Crippen molar-refractivity contribution in [2.45, 2.75) is 38.6 Å². The number of carbonyl (C=O) groups excluding carboxylic acids is 1. The lowest BCUT2D eigenvalue weighted by Crippen LogP contribution is -2.29. The maximum absolute atomic E-state index is 12.0. The van der Waals surface area contributed by atoms with Crippen LogP contribution in [0.2, 0.25) is 0 Å². The number of ketones is 1. The van der Waals surface area contributed by atoms with Crippen LogP contribution >= 0.6 is 0 Å². The first-order valence-corrected chi connectivity index (χ1v) is 6.86. The molecule has 0 N–H and O–H groups in total. The summed E-state index contributed by atoms with van der Waals surface area (Å²) in [4.78, 5) is 18.3. The summed E-state index contributed by atoms with van der Waals surface area (Å²) >= 11 is 0. The Labute approximate surface area is 109 Å². The SMILES string of the molecule is CN(Cc1cccnc1)CC1CCCCCC1=O. The van der Waals surface area contributed by atoms with E-state index in [1.165, 1.54) is 18.4 Å². The highest BCUT2D eigenvalue weighted by Gasteiger charge is 2.21. The van der Waals surface area contributed by atoms with E-state index in [0.717, 1.165) is 32.4 Å². The Kier molecular flexibility index (Phi) is 4.88. The number of Topliss-reactive ketones (excluding diaryl/α,β-unsaturated/α-hetero) is 1. The van der Waals surface area contributed by atoms with Crippen LogP contribution in [0.3, 0.4) is 0 Å². The largest absolute Gasteiger partial charge is 0.301 e. The van der Waals surface area contributed by atoms with Crippen LogP contribution in [0.4, 0.5) is 0 Å². The minimum absolute atomic E-state index is 0.245. The fraction of sp³-hybridized carbons (Fsp3) is 0.600. The minimum atomic E-state index is 0.245. The van der Waals surface area contributed by atoms with Crippen molar-refractivity contribution in [3.63, 3.8) is 0 Å². The third-order valence-electron chi connectivity index (χ3n) is 3.64. The van der Waals surface area contributed by atoms with Crippen molar-refractivity contribution in [3.05, 3.63) is 30.1 Å². The van der Waals surface area contributed by atoms with Crippen LogP contribution in [-0.2, 0) is 11.3 Å². The molecule has 0 bridgehead atoms. The average molecular weight is 246 g/mol. The third-order valence-corrected chi connectivity index (χ3v) is 3.64. The van der Waals surface area contributed by atoms with Crippen LogP contribution in [-0.4, -0.2) is 29.3 Å². The van der Waals surface area contributed by atoms with Crippen molar-refractivity contribution >= 4 is 5.78 Å². The van der Waals surface area contributed by atoms with Crippen LogP contribution in [0.15, 0.2) is 24.5 Å². The highest BCUT2D eigenvalue weighted by atomic mass is 16.1. The summed E-state index contributed by atoms with van der Waals surface area (Å²) in [5.74, 6) is 0.708. The minimum Gasteiger partial charge on any atom is -0.301 e. The van der Waals surface area contributed by atoms with E-state index in [1.807, 2.05) is 12.3 Å². The molecule has 1 unspecified atom stereocenters. The molecule has 1 aromatic rings. The molecule has 2 rings (SSSR count). The summed E-state index contributed by atoms with van der Waals surface area (Å²) in [6, 6.07) is 4.04. The lowest BCUT2D eigenvalue weighted by Gasteiger charge is -2.22. The lowest BCUT2D eigenvalue weighted by atomic mass is 9.98. The molecule has 3 heteroatoms. The fourth-order valence-electron chi connectivity index (χ4n) is 2.67. The van der Waals surface area contributed by atoms with Crippen LogP contribution in [0.25, 0.3) is 0 Å². The molecule has 1 aliphatic carbocycles. The van der Waals surface area contributed by atoms with Gasteiger partial charge in [-0.3, -0.25) is 9.78 Å². The molecule has 1 aliphatic rings. The molecule has 0 saturated heterocycles. The monoisotopic (exact) mass is 246 g/mol. The Morgan fingerprint density at radius 3 is 3.06 bits per heavy atom. The lowest BCUT2D eigenvalue weighted by molar-refractivity contribution is -0.123. The first kappa shape index (κ1) is 13.2. The molecule has 1 fully saturated rings. The van der Waals surface area contributed by atoms with E-state index in [0.29, 0.717) is 5.78 Å². The fourth-order valence-corrected chi connectivity index (χ4v) is 2.67. The number of nitrogens with zero attached hydrogens (tertiary/aromatic N) is 2. The zero-order valence-electron chi connectivity index (χ0n) is 11.1. The second kappa shape index (κ2) is 6.64. The van der Waals surface area contributed by atoms with E-state index in [1.54, 1.807) is 6.20 Å². The summed E-state index contributed by atoms with van der Waals surface area (Å²) in [7, 11) is 2.09. The van der Waals surface area contributed by atoms with Crippen molar-refractivity contribution in [2.75, 3.05) is 13.6 Å². The number of pyridine rings is 1. The van der Waals surface area contributed by atoms with Crippen molar-refractivity contribution in [1.29, 1.82) is 0 Å². The highest BCUT2D eigenvalue weighted by Crippen LogP contribution is 2.21. The van der Waals surface area contributed by atoms with Crippen molar-refractivity contribution in [2.24, 2.45) is 5.92 Å². The molecule has 0 spiro atoms. The molecule has 1 saturated carbocycles. The smallest absolute Gasteiger partial charge is 0.137 e. The van der Waals surface area contributed by atoms with Crippen molar-refractivity contribution < 1.29 is 4.79 Å². The topological polar surface area (TPSA) is 33.2 Å². The van der Waals surface area contributed by atoms with Gasteiger partial charge in [0.1, 0.15) is 5.78 Å². The van der Waals surface area contributed by atoms with E-state index in [4.69, 9.17) is 0 Å². The Morgan fingerprint density at radius 1 is 1.39 bits per heavy atom. The molecule has 0 amide bonds. The first-order valence-electron chi connectivity index (χ1n) is 6.86. The van der Waals surface area contributed by atoms with Gasteiger partial charge in [-0.15, -0.1) is 0 Å². The van der Waals surface area contributed by atoms with Crippen molar-refractivity contribution in [3.8, 4) is 0 Å². The molecule has 0 aromatic carbocycles. The number of hydrogen-bond acceptors (Lipinski definition) is 3. The highest BCUT2D eigenvalue weighted by molar-refractivity contribution is 5.81. The Balaban J connectivity index is 1.86. The number of rotatable bonds is 4. The average Bonchev–Trinajstić information content (AvgIpc) is 2.56. The van der Waals surface area contributed by atoms with Gasteiger partial charge in [-0.2, -0.15) is 0 Å². The van der Waals surface area contributed by atoms with Crippen LogP contribution in [0, 0.1) is 5.92 Å². The predicted octanol–water partition coefficient (Wildman–Crippen LogP) is 2.66. The number of carbonyl (C=O) groups is 1. The second-order valence-electron chi connectivity index (χ2n) is 5.32. The first-order chi connectivity index (χ1) is 8.75. The van der Waals surface area contributed by atoms with Crippen LogP contribution < -0.4 is 0 Å². The van der Waals surface area contributed by atoms with Gasteiger partial charge in [0.15, 0.2) is 0 Å². The van der Waals surface area contributed by atoms with E-state index in [-0.39, 0.29) is 5.92 Å². The van der Waals surface area contributed by atoms with Gasteiger partial charge in [0.05, 0.1) is 0 Å². The Morgan fingerprint density at radius 2 is 2.28 bits per heavy atom. The van der Waals surface area contributed by atoms with Gasteiger partial charge in [-0.05, 0) is 31.5 Å². The predicted molar refractivity (Wildman–Crippen MR) is 72.2 cm³/mol. The molecular formula is C15H22N2O. The van der Waals surface area contributed by atoms with Crippen LogP contribution in [0.5, 0.6) is 0 Å². The van der Waals surface area contributed by atoms with Gasteiger partial charge in [-0.1, -0.05) is 18.9 Å². The summed E-state index contributed by atoms with van der Waals surface area (Å²) in [5, 5.41) is 0. The number of aromatic nitrogens is 1. The summed E-state index contributed by atoms with van der Waals surface area (Å²) in [5.41, 5.74) is 1.21. The molecule has 3 nitrogen and oxygen atoms in total. The summed E-state index contributed by atoms with van der Waals surface area (Å²) < 4.78 is 0. The normalized spacial score (nSPS) is 21.0. The zero-order valence-corrected chi connectivity index (χ0v) is 11.1. The third kappa shape index (κ3) is 3.91. The van der Waals surface area contributed by atoms with E-state index >= 15 is 0 Å². The Hall–Kier alpha value is -1.22. The Bertz CT molecular complexity index is 377. The van der Waals surface area contributed by atoms with E-state index in [9.17, 15) is 4.79 Å². The molecule has 1 heterocycles. The van der Waals surface area contributed by atoms with Gasteiger partial charge in [0.2, 0.25) is 0 Å². The maximum atomic E-state index is 12.0. The summed E-state index contributed by atoms with van der Waals surface area (Å²) in [6.07, 6.45) is 9.04. The van der Waals surface area contributed by atoms with E-state index in [2.05, 4.69) is 23.0 Å². The van der Waals surface area contributed by atoms with Gasteiger partial charge >= 0.3 is 0 Å². The standard InChI is InChI=1S/C15H22N2O/c1-17(11-13-6-5-9-16-10-13)12-14-7-3-2-4-8-15(14)18/h5-6,9-10,14H,2-4,7-8,11-12H2,1H3.